The van der Waals surface area contributed by atoms with E-state index >= 15 is 0 Å². The normalized spacial score (nSPS) is 40.4. The molecule has 1 rings (SSSR count). The molecule has 0 saturated carbocycles. The summed E-state index contributed by atoms with van der Waals surface area (Å²) in [5.74, 6) is -1.14. The summed E-state index contributed by atoms with van der Waals surface area (Å²) in [5.41, 5.74) is -7.48. The maximum atomic E-state index is 12.4. The van der Waals surface area contributed by atoms with Crippen molar-refractivity contribution in [3.63, 3.8) is 0 Å². The van der Waals surface area contributed by atoms with Crippen LogP contribution in [0.3, 0.4) is 0 Å². The maximum Gasteiger partial charge on any atom is 0.431 e. The number of aliphatic hydroxyl groups is 2. The van der Waals surface area contributed by atoms with Crippen LogP contribution in [0, 0.1) is 5.92 Å². The van der Waals surface area contributed by atoms with Crippen LogP contribution < -0.4 is 5.32 Å². The minimum absolute atomic E-state index is 0.878. The number of hydrogen-bond donors (Lipinski definition) is 3. The van der Waals surface area contributed by atoms with Gasteiger partial charge in [0.25, 0.3) is 0 Å². The quantitative estimate of drug-likeness (QED) is 0.583. The SMILES string of the molecule is CC1CC(O)(C(F)(F)F)NC(O)(C(F)(F)F)C1. The average molecular weight is 267 g/mol. The van der Waals surface area contributed by atoms with E-state index in [1.807, 2.05) is 0 Å². The summed E-state index contributed by atoms with van der Waals surface area (Å²) >= 11 is 0. The summed E-state index contributed by atoms with van der Waals surface area (Å²) < 4.78 is 74.6. The van der Waals surface area contributed by atoms with Gasteiger partial charge in [0.05, 0.1) is 0 Å². The van der Waals surface area contributed by atoms with Gasteiger partial charge in [-0.2, -0.15) is 26.3 Å². The molecule has 0 spiro atoms. The average Bonchev–Trinajstić information content (AvgIpc) is 1.96. The molecule has 17 heavy (non-hydrogen) atoms. The molecule has 1 saturated heterocycles. The predicted octanol–water partition coefficient (Wildman–Crippen LogP) is 1.51. The highest BCUT2D eigenvalue weighted by molar-refractivity contribution is 5.00. The van der Waals surface area contributed by atoms with Gasteiger partial charge in [-0.1, -0.05) is 6.92 Å². The van der Waals surface area contributed by atoms with Crippen molar-refractivity contribution in [3.8, 4) is 0 Å². The number of rotatable bonds is 0. The van der Waals surface area contributed by atoms with Gasteiger partial charge in [0, 0.05) is 12.8 Å². The Labute approximate surface area is 92.4 Å². The molecule has 1 fully saturated rings. The van der Waals surface area contributed by atoms with Crippen molar-refractivity contribution >= 4 is 0 Å². The zero-order chi connectivity index (χ0) is 13.7. The fourth-order valence-corrected chi connectivity index (χ4v) is 1.90. The van der Waals surface area contributed by atoms with Crippen LogP contribution in [0.2, 0.25) is 0 Å². The van der Waals surface area contributed by atoms with E-state index in [0.29, 0.717) is 0 Å². The van der Waals surface area contributed by atoms with Gasteiger partial charge in [0.15, 0.2) is 0 Å². The highest BCUT2D eigenvalue weighted by Crippen LogP contribution is 2.45. The van der Waals surface area contributed by atoms with E-state index in [0.717, 1.165) is 12.2 Å². The zero-order valence-electron chi connectivity index (χ0n) is 8.65. The monoisotopic (exact) mass is 267 g/mol. The Morgan fingerprint density at radius 2 is 1.24 bits per heavy atom. The molecule has 2 unspecified atom stereocenters. The number of alkyl halides is 6. The second-order valence-corrected chi connectivity index (χ2v) is 4.35. The molecule has 0 bridgehead atoms. The second-order valence-electron chi connectivity index (χ2n) is 4.35. The molecule has 2 atom stereocenters. The van der Waals surface area contributed by atoms with E-state index < -0.39 is 42.6 Å². The molecule has 1 heterocycles. The molecular formula is C8H11F6NO2. The summed E-state index contributed by atoms with van der Waals surface area (Å²) in [6.45, 7) is 1.09. The topological polar surface area (TPSA) is 52.5 Å². The van der Waals surface area contributed by atoms with Crippen molar-refractivity contribution in [1.82, 2.24) is 5.32 Å². The van der Waals surface area contributed by atoms with Gasteiger partial charge in [-0.05, 0) is 5.92 Å². The van der Waals surface area contributed by atoms with Crippen LogP contribution in [0.4, 0.5) is 26.3 Å². The molecule has 0 aromatic heterocycles. The molecule has 9 heteroatoms. The predicted molar refractivity (Wildman–Crippen MR) is 43.5 cm³/mol. The van der Waals surface area contributed by atoms with Crippen LogP contribution in [0.1, 0.15) is 19.8 Å². The highest BCUT2D eigenvalue weighted by atomic mass is 19.4. The van der Waals surface area contributed by atoms with Gasteiger partial charge in [-0.25, -0.2) is 5.32 Å². The fraction of sp³-hybridized carbons (Fsp3) is 1.00. The first-order valence-corrected chi connectivity index (χ1v) is 4.68. The first kappa shape index (κ1) is 14.5. The van der Waals surface area contributed by atoms with Gasteiger partial charge in [0.1, 0.15) is 0 Å². The Balaban J connectivity index is 3.10. The Bertz CT molecular complexity index is 275. The molecule has 1 aliphatic rings. The van der Waals surface area contributed by atoms with Crippen molar-refractivity contribution in [3.05, 3.63) is 0 Å². The van der Waals surface area contributed by atoms with Gasteiger partial charge in [-0.15, -0.1) is 0 Å². The van der Waals surface area contributed by atoms with Crippen LogP contribution in [0.5, 0.6) is 0 Å². The molecule has 3 N–H and O–H groups in total. The third kappa shape index (κ3) is 2.50. The maximum absolute atomic E-state index is 12.4. The van der Waals surface area contributed by atoms with Crippen LogP contribution >= 0.6 is 0 Å². The third-order valence-electron chi connectivity index (χ3n) is 2.64. The van der Waals surface area contributed by atoms with Crippen molar-refractivity contribution in [1.29, 1.82) is 0 Å². The van der Waals surface area contributed by atoms with Crippen LogP contribution in [-0.2, 0) is 0 Å². The van der Waals surface area contributed by atoms with Crippen molar-refractivity contribution in [2.24, 2.45) is 5.92 Å². The highest BCUT2D eigenvalue weighted by Gasteiger charge is 2.67. The summed E-state index contributed by atoms with van der Waals surface area (Å²) in [4.78, 5) is 0. The van der Waals surface area contributed by atoms with Crippen LogP contribution in [0.15, 0.2) is 0 Å². The Morgan fingerprint density at radius 1 is 0.941 bits per heavy atom. The molecule has 0 amide bonds. The van der Waals surface area contributed by atoms with Crippen LogP contribution in [-0.4, -0.2) is 34.0 Å². The number of halogens is 6. The van der Waals surface area contributed by atoms with E-state index in [1.165, 1.54) is 0 Å². The van der Waals surface area contributed by atoms with Gasteiger partial charge in [-0.3, -0.25) is 0 Å². The standard InChI is InChI=1S/C8H11F6NO2/c1-4-2-5(16,7(9,10)11)15-6(17,3-4)8(12,13)14/h4,15-17H,2-3H2,1H3. The van der Waals surface area contributed by atoms with Crippen molar-refractivity contribution < 1.29 is 36.6 Å². The minimum Gasteiger partial charge on any atom is -0.368 e. The molecule has 3 nitrogen and oxygen atoms in total. The van der Waals surface area contributed by atoms with E-state index in [2.05, 4.69) is 0 Å². The number of nitrogens with one attached hydrogen (secondary N) is 1. The lowest BCUT2D eigenvalue weighted by Gasteiger charge is -2.47. The van der Waals surface area contributed by atoms with Crippen LogP contribution in [0.25, 0.3) is 0 Å². The lowest BCUT2D eigenvalue weighted by Crippen LogP contribution is -2.73. The van der Waals surface area contributed by atoms with Gasteiger partial charge >= 0.3 is 12.4 Å². The Hall–Kier alpha value is -0.540. The lowest BCUT2D eigenvalue weighted by atomic mass is 9.84. The van der Waals surface area contributed by atoms with Crippen molar-refractivity contribution in [2.45, 2.75) is 43.6 Å². The molecule has 0 aromatic carbocycles. The molecule has 102 valence electrons. The Kier molecular flexibility index (Phi) is 3.18. The van der Waals surface area contributed by atoms with Gasteiger partial charge in [0.2, 0.25) is 11.4 Å². The first-order valence-electron chi connectivity index (χ1n) is 4.68. The molecule has 0 radical (unpaired) electrons. The summed E-state index contributed by atoms with van der Waals surface area (Å²) in [6, 6.07) is 0. The van der Waals surface area contributed by atoms with Crippen molar-refractivity contribution in [2.75, 3.05) is 0 Å². The summed E-state index contributed by atoms with van der Waals surface area (Å²) in [6.07, 6.45) is -12.5. The first-order chi connectivity index (χ1) is 7.31. The zero-order valence-corrected chi connectivity index (χ0v) is 8.65. The summed E-state index contributed by atoms with van der Waals surface area (Å²) in [5, 5.41) is 19.2. The lowest BCUT2D eigenvalue weighted by molar-refractivity contribution is -0.356. The number of hydrogen-bond acceptors (Lipinski definition) is 3. The third-order valence-corrected chi connectivity index (χ3v) is 2.64. The Morgan fingerprint density at radius 3 is 1.47 bits per heavy atom. The molecule has 1 aliphatic heterocycles. The van der Waals surface area contributed by atoms with E-state index in [1.54, 1.807) is 0 Å². The largest absolute Gasteiger partial charge is 0.431 e. The smallest absolute Gasteiger partial charge is 0.368 e. The minimum atomic E-state index is -5.30. The van der Waals surface area contributed by atoms with E-state index in [4.69, 9.17) is 0 Å². The fourth-order valence-electron chi connectivity index (χ4n) is 1.90. The second kappa shape index (κ2) is 3.72. The molecule has 0 aromatic rings. The molecule has 0 aliphatic carbocycles. The van der Waals surface area contributed by atoms with E-state index in [9.17, 15) is 36.6 Å². The number of piperidine rings is 1. The summed E-state index contributed by atoms with van der Waals surface area (Å²) in [7, 11) is 0. The van der Waals surface area contributed by atoms with E-state index in [-0.39, 0.29) is 0 Å². The van der Waals surface area contributed by atoms with Gasteiger partial charge < -0.3 is 10.2 Å². The molecular weight excluding hydrogens is 256 g/mol.